The average molecular weight is 209 g/mol. The molecule has 1 N–H and O–H groups in total. The Labute approximate surface area is 93.8 Å². The molecule has 0 unspecified atom stereocenters. The second kappa shape index (κ2) is 9.58. The Morgan fingerprint density at radius 1 is 1.20 bits per heavy atom. The number of carbonyl (C=O) groups is 1. The van der Waals surface area contributed by atoms with E-state index in [0.717, 1.165) is 12.8 Å². The third-order valence-corrected chi connectivity index (χ3v) is 2.10. The van der Waals surface area contributed by atoms with Crippen LogP contribution in [0, 0.1) is 17.8 Å². The minimum absolute atomic E-state index is 0.0718. The molecule has 0 aliphatic rings. The zero-order valence-corrected chi connectivity index (χ0v) is 10.2. The lowest BCUT2D eigenvalue weighted by molar-refractivity contribution is -0.123. The molecule has 0 aromatic heterocycles. The summed E-state index contributed by atoms with van der Waals surface area (Å²) in [4.78, 5) is 11.2. The molecule has 0 atom stereocenters. The van der Waals surface area contributed by atoms with E-state index >= 15 is 0 Å². The SMILES string of the molecule is CCCCCC#CCCNC(=O)C(C)C. The van der Waals surface area contributed by atoms with E-state index in [4.69, 9.17) is 0 Å². The maximum absolute atomic E-state index is 11.2. The van der Waals surface area contributed by atoms with E-state index in [0.29, 0.717) is 6.54 Å². The first kappa shape index (κ1) is 14.0. The van der Waals surface area contributed by atoms with Gasteiger partial charge in [-0.25, -0.2) is 0 Å². The summed E-state index contributed by atoms with van der Waals surface area (Å²) in [5.74, 6) is 6.38. The topological polar surface area (TPSA) is 29.1 Å². The Kier molecular flexibility index (Phi) is 8.96. The van der Waals surface area contributed by atoms with Crippen molar-refractivity contribution in [1.29, 1.82) is 0 Å². The second-order valence-electron chi connectivity index (χ2n) is 4.01. The molecule has 0 radical (unpaired) electrons. The maximum atomic E-state index is 11.2. The van der Waals surface area contributed by atoms with Crippen molar-refractivity contribution < 1.29 is 4.79 Å². The molecule has 0 aromatic rings. The van der Waals surface area contributed by atoms with Gasteiger partial charge in [-0.2, -0.15) is 0 Å². The molecule has 2 nitrogen and oxygen atoms in total. The smallest absolute Gasteiger partial charge is 0.222 e. The van der Waals surface area contributed by atoms with Crippen molar-refractivity contribution in [2.75, 3.05) is 6.54 Å². The van der Waals surface area contributed by atoms with Crippen LogP contribution in [0.1, 0.15) is 52.9 Å². The van der Waals surface area contributed by atoms with Crippen LogP contribution in [0.5, 0.6) is 0 Å². The van der Waals surface area contributed by atoms with Crippen molar-refractivity contribution in [2.45, 2.75) is 52.9 Å². The number of hydrogen-bond donors (Lipinski definition) is 1. The highest BCUT2D eigenvalue weighted by Gasteiger charge is 2.03. The highest BCUT2D eigenvalue weighted by molar-refractivity contribution is 5.77. The lowest BCUT2D eigenvalue weighted by atomic mass is 10.2. The molecule has 0 bridgehead atoms. The van der Waals surface area contributed by atoms with Crippen LogP contribution in [0.3, 0.4) is 0 Å². The molecule has 0 aliphatic heterocycles. The molecule has 0 fully saturated rings. The molecule has 86 valence electrons. The van der Waals surface area contributed by atoms with Gasteiger partial charge >= 0.3 is 0 Å². The molecule has 0 aliphatic carbocycles. The molecule has 0 saturated carbocycles. The van der Waals surface area contributed by atoms with Gasteiger partial charge < -0.3 is 5.32 Å². The fourth-order valence-corrected chi connectivity index (χ4v) is 1.09. The van der Waals surface area contributed by atoms with Crippen LogP contribution >= 0.6 is 0 Å². The Balaban J connectivity index is 3.33. The zero-order valence-electron chi connectivity index (χ0n) is 10.2. The summed E-state index contributed by atoms with van der Waals surface area (Å²) in [6.07, 6.45) is 5.46. The third-order valence-electron chi connectivity index (χ3n) is 2.10. The summed E-state index contributed by atoms with van der Waals surface area (Å²) < 4.78 is 0. The second-order valence-corrected chi connectivity index (χ2v) is 4.01. The van der Waals surface area contributed by atoms with Gasteiger partial charge in [0.15, 0.2) is 0 Å². The molecule has 0 heterocycles. The monoisotopic (exact) mass is 209 g/mol. The Hall–Kier alpha value is -0.970. The molecule has 1 amide bonds. The first-order valence-corrected chi connectivity index (χ1v) is 5.92. The highest BCUT2D eigenvalue weighted by atomic mass is 16.1. The van der Waals surface area contributed by atoms with Crippen molar-refractivity contribution in [2.24, 2.45) is 5.92 Å². The molecule has 0 spiro atoms. The van der Waals surface area contributed by atoms with Crippen molar-refractivity contribution in [3.8, 4) is 11.8 Å². The number of rotatable bonds is 6. The summed E-state index contributed by atoms with van der Waals surface area (Å²) in [6.45, 7) is 6.66. The number of carbonyl (C=O) groups excluding carboxylic acids is 1. The molecular weight excluding hydrogens is 186 g/mol. The van der Waals surface area contributed by atoms with Crippen molar-refractivity contribution in [3.05, 3.63) is 0 Å². The normalized spacial score (nSPS) is 9.60. The summed E-state index contributed by atoms with van der Waals surface area (Å²) >= 11 is 0. The van der Waals surface area contributed by atoms with Gasteiger partial charge in [-0.05, 0) is 6.42 Å². The maximum Gasteiger partial charge on any atom is 0.222 e. The predicted octanol–water partition coefficient (Wildman–Crippen LogP) is 2.73. The van der Waals surface area contributed by atoms with Crippen LogP contribution in [0.2, 0.25) is 0 Å². The largest absolute Gasteiger partial charge is 0.355 e. The van der Waals surface area contributed by atoms with Crippen LogP contribution in [0.15, 0.2) is 0 Å². The van der Waals surface area contributed by atoms with Gasteiger partial charge in [0.1, 0.15) is 0 Å². The first-order chi connectivity index (χ1) is 7.18. The van der Waals surface area contributed by atoms with E-state index in [-0.39, 0.29) is 11.8 Å². The predicted molar refractivity (Wildman–Crippen MR) is 64.4 cm³/mol. The zero-order chi connectivity index (χ0) is 11.5. The number of hydrogen-bond acceptors (Lipinski definition) is 1. The summed E-state index contributed by atoms with van der Waals surface area (Å²) in [6, 6.07) is 0. The van der Waals surface area contributed by atoms with Gasteiger partial charge in [0.2, 0.25) is 5.91 Å². The molecule has 2 heteroatoms. The number of amides is 1. The van der Waals surface area contributed by atoms with Gasteiger partial charge in [0.05, 0.1) is 0 Å². The average Bonchev–Trinajstić information content (AvgIpc) is 2.21. The minimum atomic E-state index is 0.0718. The van der Waals surface area contributed by atoms with E-state index < -0.39 is 0 Å². The quantitative estimate of drug-likeness (QED) is 0.529. The van der Waals surface area contributed by atoms with Crippen molar-refractivity contribution >= 4 is 5.91 Å². The van der Waals surface area contributed by atoms with Crippen LogP contribution in [0.4, 0.5) is 0 Å². The molecular formula is C13H23NO. The van der Waals surface area contributed by atoms with Crippen LogP contribution < -0.4 is 5.32 Å². The van der Waals surface area contributed by atoms with E-state index in [1.54, 1.807) is 0 Å². The van der Waals surface area contributed by atoms with E-state index in [2.05, 4.69) is 24.1 Å². The molecule has 0 aromatic carbocycles. The Morgan fingerprint density at radius 3 is 2.47 bits per heavy atom. The lowest BCUT2D eigenvalue weighted by Gasteiger charge is -2.04. The van der Waals surface area contributed by atoms with Gasteiger partial charge in [-0.1, -0.05) is 33.6 Å². The van der Waals surface area contributed by atoms with Gasteiger partial charge in [-0.3, -0.25) is 4.79 Å². The van der Waals surface area contributed by atoms with Crippen LogP contribution in [-0.4, -0.2) is 12.5 Å². The fourth-order valence-electron chi connectivity index (χ4n) is 1.09. The highest BCUT2D eigenvalue weighted by Crippen LogP contribution is 1.96. The third kappa shape index (κ3) is 9.34. The Morgan fingerprint density at radius 2 is 1.87 bits per heavy atom. The molecule has 0 saturated heterocycles. The summed E-state index contributed by atoms with van der Waals surface area (Å²) in [5, 5.41) is 2.84. The summed E-state index contributed by atoms with van der Waals surface area (Å²) in [5.41, 5.74) is 0. The minimum Gasteiger partial charge on any atom is -0.355 e. The van der Waals surface area contributed by atoms with Crippen LogP contribution in [-0.2, 0) is 4.79 Å². The molecule has 15 heavy (non-hydrogen) atoms. The fraction of sp³-hybridized carbons (Fsp3) is 0.769. The van der Waals surface area contributed by atoms with Crippen molar-refractivity contribution in [3.63, 3.8) is 0 Å². The first-order valence-electron chi connectivity index (χ1n) is 5.92. The lowest BCUT2D eigenvalue weighted by Crippen LogP contribution is -2.28. The number of nitrogens with one attached hydrogen (secondary N) is 1. The van der Waals surface area contributed by atoms with E-state index in [1.807, 2.05) is 13.8 Å². The Bertz CT molecular complexity index is 222. The van der Waals surface area contributed by atoms with Gasteiger partial charge in [-0.15, -0.1) is 11.8 Å². The van der Waals surface area contributed by atoms with Crippen molar-refractivity contribution in [1.82, 2.24) is 5.32 Å². The molecule has 0 rings (SSSR count). The van der Waals surface area contributed by atoms with E-state index in [9.17, 15) is 4.79 Å². The van der Waals surface area contributed by atoms with E-state index in [1.165, 1.54) is 19.3 Å². The number of unbranched alkanes of at least 4 members (excludes halogenated alkanes) is 3. The standard InChI is InChI=1S/C13H23NO/c1-4-5-6-7-8-9-10-11-14-13(15)12(2)3/h12H,4-7,10-11H2,1-3H3,(H,14,15). The van der Waals surface area contributed by atoms with Crippen LogP contribution in [0.25, 0.3) is 0 Å². The van der Waals surface area contributed by atoms with Gasteiger partial charge in [0, 0.05) is 25.3 Å². The van der Waals surface area contributed by atoms with Gasteiger partial charge in [0.25, 0.3) is 0 Å². The summed E-state index contributed by atoms with van der Waals surface area (Å²) in [7, 11) is 0.